The Bertz CT molecular complexity index is 3410. The van der Waals surface area contributed by atoms with Crippen molar-refractivity contribution in [3.63, 3.8) is 0 Å². The first-order valence-electron chi connectivity index (χ1n) is 55.4. The molecule has 3 aliphatic heterocycles. The van der Waals surface area contributed by atoms with E-state index in [1.165, 1.54) is 38.5 Å². The molecule has 3 fully saturated rings. The lowest BCUT2D eigenvalue weighted by atomic mass is 9.79. The predicted octanol–water partition coefficient (Wildman–Crippen LogP) is 25.2. The van der Waals surface area contributed by atoms with Crippen LogP contribution in [0, 0.1) is 122 Å². The summed E-state index contributed by atoms with van der Waals surface area (Å²) in [4.78, 5) is 161. The monoisotopic (exact) mass is 1980 g/mol. The van der Waals surface area contributed by atoms with Crippen LogP contribution in [0.1, 0.15) is 466 Å². The third kappa shape index (κ3) is 73.7. The molecule has 0 spiro atoms. The lowest BCUT2D eigenvalue weighted by Gasteiger charge is -2.41. The highest BCUT2D eigenvalue weighted by Gasteiger charge is 2.39. The van der Waals surface area contributed by atoms with Crippen molar-refractivity contribution in [2.75, 3.05) is 52.4 Å². The maximum atomic E-state index is 12.6. The number of aliphatic carboxylic acids is 1. The molecule has 826 valence electrons. The zero-order valence-corrected chi connectivity index (χ0v) is 99.9. The minimum Gasteiger partial charge on any atom is -0.481 e. The molecule has 0 aromatic carbocycles. The van der Waals surface area contributed by atoms with Crippen LogP contribution in [0.3, 0.4) is 0 Å². The van der Waals surface area contributed by atoms with Gasteiger partial charge in [0.15, 0.2) is 17.3 Å². The van der Waals surface area contributed by atoms with Gasteiger partial charge in [-0.1, -0.05) is 309 Å². The number of nitrogens with zero attached hydrogens (tertiary/aromatic N) is 3. The summed E-state index contributed by atoms with van der Waals surface area (Å²) >= 11 is 0. The second-order valence-electron chi connectivity index (χ2n) is 51.1. The molecule has 0 aliphatic carbocycles. The second kappa shape index (κ2) is 75.4. The summed E-state index contributed by atoms with van der Waals surface area (Å²) < 4.78 is 0. The van der Waals surface area contributed by atoms with Crippen LogP contribution in [0.4, 0.5) is 0 Å². The van der Waals surface area contributed by atoms with Crippen molar-refractivity contribution in [1.82, 2.24) is 36.0 Å². The van der Waals surface area contributed by atoms with E-state index >= 15 is 0 Å². The maximum Gasteiger partial charge on any atom is 0.303 e. The molecule has 7 N–H and O–H groups in total. The average Bonchev–Trinajstić information content (AvgIpc) is 0.847. The van der Waals surface area contributed by atoms with Gasteiger partial charge in [-0.25, -0.2) is 0 Å². The number of likely N-dealkylation sites (tertiary alicyclic amines) is 3. The highest BCUT2D eigenvalue weighted by Crippen LogP contribution is 2.31. The number of carbonyl (C=O) groups is 13. The van der Waals surface area contributed by atoms with Crippen LogP contribution in [0.15, 0.2) is 0 Å². The molecule has 3 heterocycles. The Morgan fingerprint density at radius 1 is 0.343 bits per heavy atom. The fraction of sp³-hybridized carbons (Fsp3) is 0.890. The third-order valence-electron chi connectivity index (χ3n) is 25.9. The topological polar surface area (TPSA) is 326 Å². The van der Waals surface area contributed by atoms with Gasteiger partial charge in [-0.15, -0.1) is 0 Å². The van der Waals surface area contributed by atoms with E-state index in [1.807, 2.05) is 166 Å². The lowest BCUT2D eigenvalue weighted by molar-refractivity contribution is -0.139. The predicted molar refractivity (Wildman–Crippen MR) is 591 cm³/mol. The number of carbonyl (C=O) groups excluding carboxylic acids is 12. The normalized spacial score (nSPS) is 15.8. The van der Waals surface area contributed by atoms with Gasteiger partial charge in [-0.2, -0.15) is 0 Å². The minimum absolute atomic E-state index is 0.00815. The van der Waals surface area contributed by atoms with Gasteiger partial charge >= 0.3 is 5.97 Å². The van der Waals surface area contributed by atoms with Gasteiger partial charge in [0.2, 0.25) is 17.7 Å². The molecule has 0 aromatic heterocycles. The summed E-state index contributed by atoms with van der Waals surface area (Å²) in [6.45, 7) is 101. The first-order valence-corrected chi connectivity index (χ1v) is 55.4. The van der Waals surface area contributed by atoms with Crippen LogP contribution in [0.2, 0.25) is 0 Å². The van der Waals surface area contributed by atoms with Gasteiger partial charge in [-0.05, 0) is 193 Å². The Kier molecular flexibility index (Phi) is 78.3. The van der Waals surface area contributed by atoms with Crippen LogP contribution in [0.5, 0.6) is 0 Å². The Morgan fingerprint density at radius 3 is 1.07 bits per heavy atom. The van der Waals surface area contributed by atoms with E-state index in [0.717, 1.165) is 140 Å². The zero-order valence-electron chi connectivity index (χ0n) is 99.9. The largest absolute Gasteiger partial charge is 0.481 e. The van der Waals surface area contributed by atoms with E-state index in [9.17, 15) is 62.3 Å². The molecule has 140 heavy (non-hydrogen) atoms. The van der Waals surface area contributed by atoms with Crippen molar-refractivity contribution >= 4 is 75.7 Å². The van der Waals surface area contributed by atoms with Gasteiger partial charge in [0.05, 0.1) is 18.1 Å². The molecular weight excluding hydrogens is 1750 g/mol. The summed E-state index contributed by atoms with van der Waals surface area (Å²) in [7, 11) is 0. The summed E-state index contributed by atoms with van der Waals surface area (Å²) in [5, 5.41) is 20.6. The van der Waals surface area contributed by atoms with Gasteiger partial charge in [0.1, 0.15) is 34.7 Å². The number of Topliss-reactive ketones (excluding diaryl/α,β-unsaturated/α-hetero) is 9. The summed E-state index contributed by atoms with van der Waals surface area (Å²) in [5.74, 6) is 6.37. The number of ketones is 9. The van der Waals surface area contributed by atoms with Crippen LogP contribution < -0.4 is 27.0 Å². The fourth-order valence-corrected chi connectivity index (χ4v) is 16.1. The van der Waals surface area contributed by atoms with E-state index in [0.29, 0.717) is 120 Å². The number of nitrogens with one attached hydrogen (secondary N) is 4. The van der Waals surface area contributed by atoms with Crippen molar-refractivity contribution in [1.29, 1.82) is 0 Å². The van der Waals surface area contributed by atoms with E-state index in [2.05, 4.69) is 161 Å². The first-order chi connectivity index (χ1) is 63.8. The van der Waals surface area contributed by atoms with Crippen molar-refractivity contribution in [2.24, 2.45) is 127 Å². The number of carboxylic acids is 1. The Labute approximate surface area is 862 Å². The Morgan fingerprint density at radius 2 is 0.721 bits per heavy atom. The molecule has 0 bridgehead atoms. The standard InChI is InChI=1S/C18H33NO4.C16H31NO2.C15H31N3O2.C13H25NO.C13H26O.C11H21NO.2C11H22O.C10H19NO/c1-11(2)10-13(12(3)4)17(23)19-14(8-9-15(20)21)16(22)18(5,6)7;1-10(2)9-13(11(3)4)15(19)17-12(5)14(18)16(6,7)8;1-11(2)15(20)13(7-5-6-9-16)18-14(19)8-10-17-12(3)4;1-10(2)14-8-6-11(7-9-14)12(15)13(3,4)5;1-11(2)9-7-6-8-10-12(14)13(3,4)5;1-8(2)11(13)10-5-6-12(7-10)9(3)4;1-9(2)7-6-8-10(12)11(3,4)5;1-9(2)7-5-6-8-11(12)10(3)4;1-7(2)10(12)9-5-11(6-9)8(3)4/h11-14H,8-10H2,1-7H3,(H,19,23)(H,20,21);10-13H,9H2,1-8H3,(H,17,19);11-13,17H,5-10,16H2,1-4H3,(H,18,19);10-11H,6-9H2,1-5H3;11H,6-10H2,1-5H3;8-10H,5-7H2,1-4H3;9H,6-8H2,1-5H3;9-10H,5-8H2,1-4H3;7-9H,5-6H2,1-4H3/t13-,14-;12-,13-;13-;;;;;;/m000....../s1. The zero-order chi connectivity index (χ0) is 111. The number of hydrogen-bond acceptors (Lipinski definition) is 18. The molecule has 3 aliphatic rings. The molecular formula is C118H230N8O14. The fourth-order valence-electron chi connectivity index (χ4n) is 16.1. The Hall–Kier alpha value is -5.29. The number of rotatable bonds is 50. The van der Waals surface area contributed by atoms with Crippen LogP contribution in [0.25, 0.3) is 0 Å². The van der Waals surface area contributed by atoms with Crippen LogP contribution >= 0.6 is 0 Å². The van der Waals surface area contributed by atoms with E-state index in [-0.39, 0.29) is 112 Å². The summed E-state index contributed by atoms with van der Waals surface area (Å²) in [6.07, 6.45) is 20.5. The number of nitrogens with two attached hydrogens (primary N) is 1. The molecule has 0 aromatic rings. The van der Waals surface area contributed by atoms with Gasteiger partial charge in [0.25, 0.3) is 0 Å². The Balaban J connectivity index is -0.000000364. The quantitative estimate of drug-likeness (QED) is 0.0308. The van der Waals surface area contributed by atoms with E-state index in [1.54, 1.807) is 27.7 Å². The number of carboxylic acid groups (broad SMARTS) is 1. The number of unbranched alkanes of at least 4 members (excludes halogenated alkanes) is 4. The molecule has 6 atom stereocenters. The van der Waals surface area contributed by atoms with Gasteiger partial charge < -0.3 is 41.9 Å². The maximum absolute atomic E-state index is 12.6. The van der Waals surface area contributed by atoms with Crippen LogP contribution in [-0.2, 0) is 62.3 Å². The van der Waals surface area contributed by atoms with Crippen molar-refractivity contribution in [2.45, 2.75) is 508 Å². The molecule has 3 amide bonds. The highest BCUT2D eigenvalue weighted by molar-refractivity contribution is 5.94. The molecule has 22 nitrogen and oxygen atoms in total. The summed E-state index contributed by atoms with van der Waals surface area (Å²) in [5.41, 5.74) is 3.98. The van der Waals surface area contributed by atoms with Crippen molar-refractivity contribution in [3.05, 3.63) is 0 Å². The number of hydrogen-bond donors (Lipinski definition) is 6. The molecule has 0 radical (unpaired) electrons. The van der Waals surface area contributed by atoms with E-state index < -0.39 is 28.9 Å². The SMILES string of the molecule is CC(C)C(=O)C1CCN(C(C)C)C1.CC(C)C(=O)C1CN(C(C)C)C1.CC(C)CCCC(=O)C(C)(C)C.CC(C)CCCCC(=O)C(C)C.CC(C)CCCCCC(=O)C(C)(C)C.CC(C)C[C@H](C(=O)N[C@@H](C)C(=O)C(C)(C)C)C(C)C.CC(C)C[C@H](C(=O)N[C@@H](CCC(=O)O)C(=O)C(C)(C)C)C(C)C.CC(C)N1CCC(C(=O)C(C)(C)C)CC1.CC(C)NCCC(=O)N[C@@H](CCCCN)C(=O)C(C)C. The molecule has 22 heteroatoms. The van der Waals surface area contributed by atoms with E-state index in [4.69, 9.17) is 10.8 Å². The molecule has 3 saturated heterocycles. The molecule has 3 rings (SSSR count). The highest BCUT2D eigenvalue weighted by atomic mass is 16.4. The molecule has 0 saturated carbocycles. The smallest absolute Gasteiger partial charge is 0.303 e. The van der Waals surface area contributed by atoms with Crippen molar-refractivity contribution < 1.29 is 67.4 Å². The first kappa shape index (κ1) is 145. The average molecular weight is 1990 g/mol. The second-order valence-corrected chi connectivity index (χ2v) is 51.1. The number of piperidine rings is 1. The van der Waals surface area contributed by atoms with Crippen molar-refractivity contribution in [3.8, 4) is 0 Å². The molecule has 1 unspecified atom stereocenters. The third-order valence-corrected chi connectivity index (χ3v) is 25.9. The van der Waals surface area contributed by atoms with Gasteiger partial charge in [0, 0.05) is 163 Å². The van der Waals surface area contributed by atoms with Crippen LogP contribution in [-0.4, -0.2) is 190 Å². The lowest BCUT2D eigenvalue weighted by Crippen LogP contribution is -2.53. The summed E-state index contributed by atoms with van der Waals surface area (Å²) in [6, 6.07) is 0.642. The minimum atomic E-state index is -0.964. The number of amides is 3. The van der Waals surface area contributed by atoms with Gasteiger partial charge in [-0.3, -0.25) is 67.2 Å².